The average Bonchev–Trinajstić information content (AvgIpc) is 2.32. The Balaban J connectivity index is 2.65. The molecule has 1 aliphatic rings. The van der Waals surface area contributed by atoms with E-state index in [1.165, 1.54) is 11.8 Å². The first-order chi connectivity index (χ1) is 8.38. The number of rotatable bonds is 3. The number of amides is 4. The summed E-state index contributed by atoms with van der Waals surface area (Å²) in [7, 11) is 0. The molecule has 1 fully saturated rings. The molecule has 0 aliphatic carbocycles. The first kappa shape index (κ1) is 14.4. The molecular weight excluding hydrogens is 238 g/mol. The van der Waals surface area contributed by atoms with Crippen molar-refractivity contribution in [1.82, 2.24) is 15.1 Å². The van der Waals surface area contributed by atoms with E-state index in [1.54, 1.807) is 13.8 Å². The van der Waals surface area contributed by atoms with Crippen LogP contribution in [0.2, 0.25) is 0 Å². The minimum Gasteiger partial charge on any atom is -0.391 e. The summed E-state index contributed by atoms with van der Waals surface area (Å²) in [5, 5.41) is 11.8. The van der Waals surface area contributed by atoms with Gasteiger partial charge in [0.1, 0.15) is 0 Å². The summed E-state index contributed by atoms with van der Waals surface area (Å²) in [6, 6.07) is -1.12. The molecule has 2 atom stereocenters. The number of imide groups is 1. The third kappa shape index (κ3) is 2.98. The number of carbonyl (C=O) groups is 3. The molecule has 18 heavy (non-hydrogen) atoms. The van der Waals surface area contributed by atoms with E-state index in [4.69, 9.17) is 0 Å². The molecule has 1 aliphatic heterocycles. The van der Waals surface area contributed by atoms with Gasteiger partial charge in [-0.1, -0.05) is 0 Å². The van der Waals surface area contributed by atoms with Crippen LogP contribution in [-0.2, 0) is 9.59 Å². The molecule has 0 saturated carbocycles. The van der Waals surface area contributed by atoms with E-state index in [9.17, 15) is 19.5 Å². The van der Waals surface area contributed by atoms with Crippen LogP contribution in [0.5, 0.6) is 0 Å². The first-order valence-corrected chi connectivity index (χ1v) is 5.97. The number of urea groups is 1. The van der Waals surface area contributed by atoms with Crippen LogP contribution in [0.3, 0.4) is 0 Å². The largest absolute Gasteiger partial charge is 0.391 e. The van der Waals surface area contributed by atoms with Crippen LogP contribution in [0.4, 0.5) is 4.79 Å². The number of carbonyl (C=O) groups excluding carboxylic acids is 3. The Morgan fingerprint density at radius 1 is 1.33 bits per heavy atom. The highest BCUT2D eigenvalue weighted by Crippen LogP contribution is 2.05. The molecule has 1 rings (SSSR count). The predicted octanol–water partition coefficient (Wildman–Crippen LogP) is -0.844. The van der Waals surface area contributed by atoms with Crippen molar-refractivity contribution in [3.8, 4) is 0 Å². The average molecular weight is 257 g/mol. The Hall–Kier alpha value is -1.63. The van der Waals surface area contributed by atoms with Crippen molar-refractivity contribution in [1.29, 1.82) is 0 Å². The zero-order valence-corrected chi connectivity index (χ0v) is 10.8. The molecule has 0 bridgehead atoms. The van der Waals surface area contributed by atoms with Gasteiger partial charge in [0.25, 0.3) is 0 Å². The van der Waals surface area contributed by atoms with Gasteiger partial charge in [-0.2, -0.15) is 0 Å². The van der Waals surface area contributed by atoms with Crippen LogP contribution in [0.25, 0.3) is 0 Å². The summed E-state index contributed by atoms with van der Waals surface area (Å²) in [6.45, 7) is 5.90. The summed E-state index contributed by atoms with van der Waals surface area (Å²) >= 11 is 0. The highest BCUT2D eigenvalue weighted by atomic mass is 16.3. The molecule has 0 aromatic rings. The highest BCUT2D eigenvalue weighted by Gasteiger charge is 2.35. The van der Waals surface area contributed by atoms with E-state index >= 15 is 0 Å². The van der Waals surface area contributed by atoms with Crippen LogP contribution < -0.4 is 5.32 Å². The Morgan fingerprint density at radius 2 is 1.94 bits per heavy atom. The minimum atomic E-state index is -0.821. The Morgan fingerprint density at radius 3 is 2.44 bits per heavy atom. The molecule has 0 radical (unpaired) electrons. The quantitative estimate of drug-likeness (QED) is 0.645. The predicted molar refractivity (Wildman–Crippen MR) is 63.6 cm³/mol. The molecule has 0 aromatic heterocycles. The number of hydrogen-bond acceptors (Lipinski definition) is 4. The van der Waals surface area contributed by atoms with Crippen molar-refractivity contribution in [3.05, 3.63) is 0 Å². The van der Waals surface area contributed by atoms with Gasteiger partial charge in [0.2, 0.25) is 0 Å². The van der Waals surface area contributed by atoms with Crippen molar-refractivity contribution >= 4 is 17.8 Å². The lowest BCUT2D eigenvalue weighted by Crippen LogP contribution is -2.59. The Labute approximate surface area is 106 Å². The molecule has 4 amide bonds. The molecule has 0 spiro atoms. The minimum absolute atomic E-state index is 0.177. The third-order valence-corrected chi connectivity index (χ3v) is 3.01. The molecule has 102 valence electrons. The van der Waals surface area contributed by atoms with Crippen molar-refractivity contribution in [2.45, 2.75) is 32.9 Å². The van der Waals surface area contributed by atoms with E-state index in [-0.39, 0.29) is 6.54 Å². The normalized spacial score (nSPS) is 19.8. The van der Waals surface area contributed by atoms with Crippen LogP contribution in [-0.4, -0.2) is 64.5 Å². The van der Waals surface area contributed by atoms with E-state index in [0.29, 0.717) is 13.1 Å². The monoisotopic (exact) mass is 257 g/mol. The summed E-state index contributed by atoms with van der Waals surface area (Å²) in [5.41, 5.74) is 0. The van der Waals surface area contributed by atoms with E-state index < -0.39 is 30.0 Å². The summed E-state index contributed by atoms with van der Waals surface area (Å²) < 4.78 is 0. The second-order valence-electron chi connectivity index (χ2n) is 4.32. The number of nitrogens with one attached hydrogen (secondary N) is 1. The lowest BCUT2D eigenvalue weighted by Gasteiger charge is -2.32. The Bertz CT molecular complexity index is 356. The third-order valence-electron chi connectivity index (χ3n) is 3.01. The van der Waals surface area contributed by atoms with E-state index in [2.05, 4.69) is 5.32 Å². The van der Waals surface area contributed by atoms with Gasteiger partial charge in [0.05, 0.1) is 12.1 Å². The topological polar surface area (TPSA) is 89.9 Å². The summed E-state index contributed by atoms with van der Waals surface area (Å²) in [6.07, 6.45) is -0.725. The molecular formula is C11H19N3O4. The smallest absolute Gasteiger partial charge is 0.324 e. The molecule has 7 heteroatoms. The second-order valence-corrected chi connectivity index (χ2v) is 4.32. The van der Waals surface area contributed by atoms with Gasteiger partial charge in [-0.25, -0.2) is 4.79 Å². The highest BCUT2D eigenvalue weighted by molar-refractivity contribution is 6.38. The standard InChI is InChI=1S/C11H19N3O4/c1-4-13-5-6-14(10(17)9(13)16)11(18)12-7(2)8(3)15/h7-8,15H,4-6H2,1-3H3,(H,12,18). The van der Waals surface area contributed by atoms with E-state index in [0.717, 1.165) is 4.90 Å². The number of hydrogen-bond donors (Lipinski definition) is 2. The number of aliphatic hydroxyl groups is 1. The van der Waals surface area contributed by atoms with Gasteiger partial charge in [0.15, 0.2) is 0 Å². The zero-order valence-electron chi connectivity index (χ0n) is 10.8. The van der Waals surface area contributed by atoms with Gasteiger partial charge >= 0.3 is 17.8 Å². The fourth-order valence-electron chi connectivity index (χ4n) is 1.56. The van der Waals surface area contributed by atoms with Crippen LogP contribution in [0.15, 0.2) is 0 Å². The number of aliphatic hydroxyl groups excluding tert-OH is 1. The van der Waals surface area contributed by atoms with Gasteiger partial charge in [-0.15, -0.1) is 0 Å². The SMILES string of the molecule is CCN1CCN(C(=O)NC(C)C(C)O)C(=O)C1=O. The van der Waals surface area contributed by atoms with Crippen LogP contribution in [0, 0.1) is 0 Å². The molecule has 7 nitrogen and oxygen atoms in total. The van der Waals surface area contributed by atoms with Crippen LogP contribution in [0.1, 0.15) is 20.8 Å². The van der Waals surface area contributed by atoms with Gasteiger partial charge in [0, 0.05) is 19.6 Å². The number of piperazine rings is 1. The van der Waals surface area contributed by atoms with E-state index in [1.807, 2.05) is 0 Å². The molecule has 2 N–H and O–H groups in total. The maximum absolute atomic E-state index is 11.8. The lowest BCUT2D eigenvalue weighted by atomic mass is 10.2. The summed E-state index contributed by atoms with van der Waals surface area (Å²) in [5.74, 6) is -1.48. The fraction of sp³-hybridized carbons (Fsp3) is 0.727. The maximum Gasteiger partial charge on any atom is 0.324 e. The van der Waals surface area contributed by atoms with Crippen molar-refractivity contribution in [2.24, 2.45) is 0 Å². The second kappa shape index (κ2) is 5.81. The molecule has 2 unspecified atom stereocenters. The van der Waals surface area contributed by atoms with Gasteiger partial charge < -0.3 is 15.3 Å². The maximum atomic E-state index is 11.8. The molecule has 1 heterocycles. The fourth-order valence-corrected chi connectivity index (χ4v) is 1.56. The van der Waals surface area contributed by atoms with Gasteiger partial charge in [-0.3, -0.25) is 14.5 Å². The lowest BCUT2D eigenvalue weighted by molar-refractivity contribution is -0.153. The van der Waals surface area contributed by atoms with Crippen molar-refractivity contribution < 1.29 is 19.5 Å². The van der Waals surface area contributed by atoms with Crippen LogP contribution >= 0.6 is 0 Å². The van der Waals surface area contributed by atoms with Crippen molar-refractivity contribution in [2.75, 3.05) is 19.6 Å². The van der Waals surface area contributed by atoms with Gasteiger partial charge in [-0.05, 0) is 20.8 Å². The summed E-state index contributed by atoms with van der Waals surface area (Å²) in [4.78, 5) is 37.3. The number of nitrogens with zero attached hydrogens (tertiary/aromatic N) is 2. The van der Waals surface area contributed by atoms with Crippen molar-refractivity contribution in [3.63, 3.8) is 0 Å². The zero-order chi connectivity index (χ0) is 13.9. The Kier molecular flexibility index (Phi) is 4.66. The molecule has 0 aromatic carbocycles. The number of likely N-dealkylation sites (N-methyl/N-ethyl adjacent to an activating group) is 1. The first-order valence-electron chi connectivity index (χ1n) is 5.97. The molecule has 1 saturated heterocycles.